The molecule has 0 aliphatic heterocycles. The fourth-order valence-electron chi connectivity index (χ4n) is 2.31. The van der Waals surface area contributed by atoms with Crippen molar-refractivity contribution in [1.29, 1.82) is 0 Å². The van der Waals surface area contributed by atoms with Crippen LogP contribution in [0.3, 0.4) is 0 Å². The lowest BCUT2D eigenvalue weighted by atomic mass is 10.2. The summed E-state index contributed by atoms with van der Waals surface area (Å²) in [5, 5.41) is 0.561. The number of aromatic nitrogens is 1. The fraction of sp³-hybridized carbons (Fsp3) is 0.125. The number of alkyl halides is 3. The quantitative estimate of drug-likeness (QED) is 0.523. The average molecular weight is 355 g/mol. The van der Waals surface area contributed by atoms with Gasteiger partial charge in [-0.15, -0.1) is 0 Å². The van der Waals surface area contributed by atoms with Crippen molar-refractivity contribution in [3.8, 4) is 11.6 Å². The molecule has 0 unspecified atom stereocenters. The van der Waals surface area contributed by atoms with E-state index in [1.807, 2.05) is 6.92 Å². The summed E-state index contributed by atoms with van der Waals surface area (Å²) in [6, 6.07) is 14.9. The maximum atomic E-state index is 12.6. The summed E-state index contributed by atoms with van der Waals surface area (Å²) in [4.78, 5) is 0. The summed E-state index contributed by atoms with van der Waals surface area (Å²) in [6.07, 6.45) is 0. The SMILES string of the molecule is Cc1ccc(-n2c(OS(=O)(=O)C(F)(F)F)cc3ccccc32)cc1. The molecule has 0 aliphatic rings. The molecule has 0 saturated carbocycles. The third-order valence-electron chi connectivity index (χ3n) is 3.45. The van der Waals surface area contributed by atoms with Crippen LogP contribution in [0, 0.1) is 6.92 Å². The van der Waals surface area contributed by atoms with Gasteiger partial charge in [0.15, 0.2) is 0 Å². The second kappa shape index (κ2) is 5.55. The van der Waals surface area contributed by atoms with E-state index in [1.54, 1.807) is 48.5 Å². The summed E-state index contributed by atoms with van der Waals surface area (Å²) >= 11 is 0. The lowest BCUT2D eigenvalue weighted by Crippen LogP contribution is -2.28. The Kier molecular flexibility index (Phi) is 3.79. The molecule has 24 heavy (non-hydrogen) atoms. The second-order valence-corrected chi connectivity index (χ2v) is 6.73. The molecule has 0 N–H and O–H groups in total. The number of hydrogen-bond acceptors (Lipinski definition) is 3. The first kappa shape index (κ1) is 16.4. The second-order valence-electron chi connectivity index (χ2n) is 5.20. The molecule has 0 spiro atoms. The van der Waals surface area contributed by atoms with E-state index in [0.717, 1.165) is 5.56 Å². The molecule has 0 aliphatic carbocycles. The Morgan fingerprint density at radius 1 is 1.00 bits per heavy atom. The van der Waals surface area contributed by atoms with Crippen LogP contribution >= 0.6 is 0 Å². The molecule has 1 heterocycles. The molecule has 0 bridgehead atoms. The van der Waals surface area contributed by atoms with Crippen molar-refractivity contribution in [2.24, 2.45) is 0 Å². The maximum absolute atomic E-state index is 12.6. The molecular formula is C16H12F3NO3S. The number of rotatable bonds is 3. The van der Waals surface area contributed by atoms with Crippen LogP contribution in [0.4, 0.5) is 13.2 Å². The van der Waals surface area contributed by atoms with E-state index in [-0.39, 0.29) is 0 Å². The van der Waals surface area contributed by atoms with Crippen molar-refractivity contribution in [3.05, 3.63) is 60.2 Å². The molecule has 8 heteroatoms. The van der Waals surface area contributed by atoms with Gasteiger partial charge in [-0.25, -0.2) is 0 Å². The van der Waals surface area contributed by atoms with Gasteiger partial charge in [0, 0.05) is 17.1 Å². The van der Waals surface area contributed by atoms with E-state index in [9.17, 15) is 21.6 Å². The van der Waals surface area contributed by atoms with E-state index < -0.39 is 21.5 Å². The Morgan fingerprint density at radius 3 is 2.25 bits per heavy atom. The Labute approximate surface area is 136 Å². The van der Waals surface area contributed by atoms with Crippen LogP contribution in [-0.2, 0) is 10.1 Å². The molecule has 0 atom stereocenters. The Morgan fingerprint density at radius 2 is 1.62 bits per heavy atom. The number of nitrogens with zero attached hydrogens (tertiary/aromatic N) is 1. The number of fused-ring (bicyclic) bond motifs is 1. The van der Waals surface area contributed by atoms with Crippen LogP contribution in [0.5, 0.6) is 5.88 Å². The van der Waals surface area contributed by atoms with E-state index in [0.29, 0.717) is 16.6 Å². The first-order valence-electron chi connectivity index (χ1n) is 6.87. The van der Waals surface area contributed by atoms with Crippen molar-refractivity contribution in [2.75, 3.05) is 0 Å². The zero-order valence-corrected chi connectivity index (χ0v) is 13.2. The third-order valence-corrected chi connectivity index (χ3v) is 4.40. The molecule has 0 saturated heterocycles. The van der Waals surface area contributed by atoms with Gasteiger partial charge in [-0.3, -0.25) is 4.57 Å². The highest BCUT2D eigenvalue weighted by molar-refractivity contribution is 7.87. The van der Waals surface area contributed by atoms with E-state index in [4.69, 9.17) is 0 Å². The van der Waals surface area contributed by atoms with Gasteiger partial charge in [-0.1, -0.05) is 35.9 Å². The molecule has 126 valence electrons. The highest BCUT2D eigenvalue weighted by Crippen LogP contribution is 2.33. The molecule has 4 nitrogen and oxygen atoms in total. The highest BCUT2D eigenvalue weighted by Gasteiger charge is 2.49. The summed E-state index contributed by atoms with van der Waals surface area (Å²) < 4.78 is 66.4. The fourth-order valence-corrected chi connectivity index (χ4v) is 2.75. The van der Waals surface area contributed by atoms with Crippen molar-refractivity contribution >= 4 is 21.0 Å². The Bertz CT molecular complexity index is 990. The number of para-hydroxylation sites is 1. The highest BCUT2D eigenvalue weighted by atomic mass is 32.2. The molecule has 0 amide bonds. The predicted molar refractivity (Wildman–Crippen MR) is 83.6 cm³/mol. The third kappa shape index (κ3) is 2.84. The van der Waals surface area contributed by atoms with Crippen molar-refractivity contribution in [1.82, 2.24) is 4.57 Å². The van der Waals surface area contributed by atoms with Crippen LogP contribution in [-0.4, -0.2) is 18.5 Å². The van der Waals surface area contributed by atoms with Crippen LogP contribution in [0.1, 0.15) is 5.56 Å². The van der Waals surface area contributed by atoms with E-state index >= 15 is 0 Å². The van der Waals surface area contributed by atoms with Crippen molar-refractivity contribution < 1.29 is 25.8 Å². The summed E-state index contributed by atoms with van der Waals surface area (Å²) in [5.41, 5.74) is -3.51. The van der Waals surface area contributed by atoms with Crippen LogP contribution < -0.4 is 4.18 Å². The van der Waals surface area contributed by atoms with Gasteiger partial charge in [0.05, 0.1) is 5.52 Å². The van der Waals surface area contributed by atoms with Crippen LogP contribution in [0.15, 0.2) is 54.6 Å². The zero-order chi connectivity index (χ0) is 17.5. The normalized spacial score (nSPS) is 12.5. The number of hydrogen-bond donors (Lipinski definition) is 0. The topological polar surface area (TPSA) is 48.3 Å². The number of halogens is 3. The first-order valence-corrected chi connectivity index (χ1v) is 8.28. The van der Waals surface area contributed by atoms with E-state index in [1.165, 1.54) is 10.6 Å². The number of aryl methyl sites for hydroxylation is 1. The molecule has 2 aromatic carbocycles. The van der Waals surface area contributed by atoms with Gasteiger partial charge >= 0.3 is 15.6 Å². The van der Waals surface area contributed by atoms with Gasteiger partial charge in [-0.05, 0) is 25.1 Å². The van der Waals surface area contributed by atoms with E-state index in [2.05, 4.69) is 4.18 Å². The summed E-state index contributed by atoms with van der Waals surface area (Å²) in [7, 11) is -5.76. The van der Waals surface area contributed by atoms with Gasteiger partial charge < -0.3 is 4.18 Å². The van der Waals surface area contributed by atoms with Gasteiger partial charge in [0.1, 0.15) is 0 Å². The molecular weight excluding hydrogens is 343 g/mol. The summed E-state index contributed by atoms with van der Waals surface area (Å²) in [5.74, 6) is -0.419. The van der Waals surface area contributed by atoms with Gasteiger partial charge in [-0.2, -0.15) is 21.6 Å². The first-order chi connectivity index (χ1) is 11.2. The minimum absolute atomic E-state index is 0.419. The van der Waals surface area contributed by atoms with Crippen molar-refractivity contribution in [3.63, 3.8) is 0 Å². The van der Waals surface area contributed by atoms with Crippen LogP contribution in [0.25, 0.3) is 16.6 Å². The van der Waals surface area contributed by atoms with Crippen LogP contribution in [0.2, 0.25) is 0 Å². The van der Waals surface area contributed by atoms with Gasteiger partial charge in [0.2, 0.25) is 5.88 Å². The Hall–Kier alpha value is -2.48. The van der Waals surface area contributed by atoms with Crippen molar-refractivity contribution in [2.45, 2.75) is 12.4 Å². The standard InChI is InChI=1S/C16H12F3NO3S/c1-11-6-8-13(9-7-11)20-14-5-3-2-4-12(14)10-15(20)23-24(21,22)16(17,18)19/h2-10H,1H3. The minimum atomic E-state index is -5.76. The predicted octanol–water partition coefficient (Wildman–Crippen LogP) is 4.17. The lowest BCUT2D eigenvalue weighted by molar-refractivity contribution is -0.0501. The smallest absolute Gasteiger partial charge is 0.357 e. The van der Waals surface area contributed by atoms with Gasteiger partial charge in [0.25, 0.3) is 0 Å². The average Bonchev–Trinajstić information content (AvgIpc) is 2.84. The lowest BCUT2D eigenvalue weighted by Gasteiger charge is -2.13. The Balaban J connectivity index is 2.21. The molecule has 0 fully saturated rings. The molecule has 1 aromatic heterocycles. The largest absolute Gasteiger partial charge is 0.534 e. The summed E-state index contributed by atoms with van der Waals surface area (Å²) in [6.45, 7) is 1.86. The monoisotopic (exact) mass is 355 g/mol. The molecule has 3 rings (SSSR count). The minimum Gasteiger partial charge on any atom is -0.357 e. The maximum Gasteiger partial charge on any atom is 0.534 e. The molecule has 3 aromatic rings. The zero-order valence-electron chi connectivity index (χ0n) is 12.4. The number of benzene rings is 2. The molecule has 0 radical (unpaired) electrons.